The van der Waals surface area contributed by atoms with Gasteiger partial charge in [-0.25, -0.2) is 4.39 Å². The fraction of sp³-hybridized carbons (Fsp3) is 0.250. The summed E-state index contributed by atoms with van der Waals surface area (Å²) in [7, 11) is 1.44. The molecule has 2 aromatic rings. The standard InChI is InChI=1S/C16H18FNO2/c1-10-8-13(19)5-6-15(10)18-11(2)12-4-7-16(20-3)14(17)9-12/h4-9,11,18-19H,1-3H3. The summed E-state index contributed by atoms with van der Waals surface area (Å²) in [5.41, 5.74) is 2.67. The van der Waals surface area contributed by atoms with Gasteiger partial charge in [-0.3, -0.25) is 0 Å². The Morgan fingerprint density at radius 3 is 2.55 bits per heavy atom. The number of hydrogen-bond acceptors (Lipinski definition) is 3. The molecule has 2 N–H and O–H groups in total. The molecule has 0 aliphatic heterocycles. The quantitative estimate of drug-likeness (QED) is 0.828. The molecular weight excluding hydrogens is 257 g/mol. The normalized spacial score (nSPS) is 12.0. The Labute approximate surface area is 118 Å². The molecule has 3 nitrogen and oxygen atoms in total. The van der Waals surface area contributed by atoms with Gasteiger partial charge in [0, 0.05) is 11.7 Å². The van der Waals surface area contributed by atoms with Crippen LogP contribution >= 0.6 is 0 Å². The van der Waals surface area contributed by atoms with E-state index in [0.717, 1.165) is 16.8 Å². The maximum absolute atomic E-state index is 13.7. The highest BCUT2D eigenvalue weighted by Gasteiger charge is 2.10. The van der Waals surface area contributed by atoms with Gasteiger partial charge in [-0.05, 0) is 55.3 Å². The lowest BCUT2D eigenvalue weighted by Crippen LogP contribution is -2.08. The Balaban J connectivity index is 2.19. The van der Waals surface area contributed by atoms with E-state index in [1.165, 1.54) is 13.2 Å². The van der Waals surface area contributed by atoms with Crippen LogP contribution in [0.15, 0.2) is 36.4 Å². The van der Waals surface area contributed by atoms with Gasteiger partial charge in [0.25, 0.3) is 0 Å². The van der Waals surface area contributed by atoms with Crippen molar-refractivity contribution in [3.63, 3.8) is 0 Å². The number of aromatic hydroxyl groups is 1. The highest BCUT2D eigenvalue weighted by molar-refractivity contribution is 5.54. The van der Waals surface area contributed by atoms with Crippen LogP contribution in [0.3, 0.4) is 0 Å². The summed E-state index contributed by atoms with van der Waals surface area (Å²) >= 11 is 0. The van der Waals surface area contributed by atoms with Crippen molar-refractivity contribution < 1.29 is 14.2 Å². The molecule has 106 valence electrons. The molecule has 2 rings (SSSR count). The number of nitrogens with one attached hydrogen (secondary N) is 1. The van der Waals surface area contributed by atoms with Gasteiger partial charge in [0.2, 0.25) is 0 Å². The zero-order chi connectivity index (χ0) is 14.7. The predicted octanol–water partition coefficient (Wildman–Crippen LogP) is 4.02. The minimum Gasteiger partial charge on any atom is -0.508 e. The number of phenolic OH excluding ortho intramolecular Hbond substituents is 1. The molecule has 4 heteroatoms. The second kappa shape index (κ2) is 5.82. The summed E-state index contributed by atoms with van der Waals surface area (Å²) < 4.78 is 18.6. The van der Waals surface area contributed by atoms with E-state index in [-0.39, 0.29) is 23.4 Å². The van der Waals surface area contributed by atoms with Gasteiger partial charge in [-0.15, -0.1) is 0 Å². The van der Waals surface area contributed by atoms with Gasteiger partial charge in [-0.2, -0.15) is 0 Å². The molecule has 0 aliphatic carbocycles. The summed E-state index contributed by atoms with van der Waals surface area (Å²) in [6.07, 6.45) is 0. The molecule has 1 atom stereocenters. The lowest BCUT2D eigenvalue weighted by atomic mass is 10.1. The van der Waals surface area contributed by atoms with Gasteiger partial charge in [-0.1, -0.05) is 6.07 Å². The molecule has 0 saturated heterocycles. The lowest BCUT2D eigenvalue weighted by Gasteiger charge is -2.18. The van der Waals surface area contributed by atoms with E-state index < -0.39 is 0 Å². The van der Waals surface area contributed by atoms with Crippen molar-refractivity contribution in [2.45, 2.75) is 19.9 Å². The molecular formula is C16H18FNO2. The first-order valence-electron chi connectivity index (χ1n) is 6.41. The third-order valence-corrected chi connectivity index (χ3v) is 3.26. The van der Waals surface area contributed by atoms with E-state index in [4.69, 9.17) is 4.74 Å². The topological polar surface area (TPSA) is 41.5 Å². The smallest absolute Gasteiger partial charge is 0.165 e. The number of methoxy groups -OCH3 is 1. The average Bonchev–Trinajstić information content (AvgIpc) is 2.41. The van der Waals surface area contributed by atoms with Crippen molar-refractivity contribution in [3.8, 4) is 11.5 Å². The molecule has 0 aromatic heterocycles. The lowest BCUT2D eigenvalue weighted by molar-refractivity contribution is 0.386. The van der Waals surface area contributed by atoms with Crippen molar-refractivity contribution in [2.75, 3.05) is 12.4 Å². The largest absolute Gasteiger partial charge is 0.508 e. The molecule has 0 radical (unpaired) electrons. The third-order valence-electron chi connectivity index (χ3n) is 3.26. The summed E-state index contributed by atoms with van der Waals surface area (Å²) in [6, 6.07) is 9.97. The summed E-state index contributed by atoms with van der Waals surface area (Å²) in [6.45, 7) is 3.86. The van der Waals surface area contributed by atoms with E-state index in [0.29, 0.717) is 0 Å². The molecule has 0 spiro atoms. The molecule has 1 unspecified atom stereocenters. The van der Waals surface area contributed by atoms with Crippen LogP contribution in [0.5, 0.6) is 11.5 Å². The predicted molar refractivity (Wildman–Crippen MR) is 77.8 cm³/mol. The van der Waals surface area contributed by atoms with Crippen LogP contribution in [-0.4, -0.2) is 12.2 Å². The van der Waals surface area contributed by atoms with Crippen molar-refractivity contribution >= 4 is 5.69 Å². The first-order chi connectivity index (χ1) is 9.51. The number of hydrogen-bond donors (Lipinski definition) is 2. The summed E-state index contributed by atoms with van der Waals surface area (Å²) in [5.74, 6) is 0.0963. The SMILES string of the molecule is COc1ccc(C(C)Nc2ccc(O)cc2C)cc1F. The van der Waals surface area contributed by atoms with Crippen LogP contribution in [0.25, 0.3) is 0 Å². The number of benzene rings is 2. The Bertz CT molecular complexity index is 613. The van der Waals surface area contributed by atoms with Crippen molar-refractivity contribution in [3.05, 3.63) is 53.3 Å². The van der Waals surface area contributed by atoms with Crippen LogP contribution in [0.1, 0.15) is 24.1 Å². The monoisotopic (exact) mass is 275 g/mol. The molecule has 0 heterocycles. The van der Waals surface area contributed by atoms with Gasteiger partial charge in [0.15, 0.2) is 11.6 Å². The molecule has 0 aliphatic rings. The first-order valence-corrected chi connectivity index (χ1v) is 6.41. The molecule has 0 fully saturated rings. The van der Waals surface area contributed by atoms with Crippen molar-refractivity contribution in [1.29, 1.82) is 0 Å². The van der Waals surface area contributed by atoms with Gasteiger partial charge >= 0.3 is 0 Å². The van der Waals surface area contributed by atoms with Crippen LogP contribution in [-0.2, 0) is 0 Å². The minimum absolute atomic E-state index is 0.0568. The number of phenols is 1. The maximum Gasteiger partial charge on any atom is 0.165 e. The third kappa shape index (κ3) is 3.02. The number of halogens is 1. The Morgan fingerprint density at radius 2 is 1.95 bits per heavy atom. The number of anilines is 1. The van der Waals surface area contributed by atoms with E-state index in [2.05, 4.69) is 5.32 Å². The van der Waals surface area contributed by atoms with E-state index in [1.54, 1.807) is 24.3 Å². The zero-order valence-corrected chi connectivity index (χ0v) is 11.8. The molecule has 20 heavy (non-hydrogen) atoms. The van der Waals surface area contributed by atoms with Gasteiger partial charge < -0.3 is 15.2 Å². The highest BCUT2D eigenvalue weighted by Crippen LogP contribution is 2.27. The second-order valence-corrected chi connectivity index (χ2v) is 4.76. The van der Waals surface area contributed by atoms with Crippen LogP contribution in [0.4, 0.5) is 10.1 Å². The number of aryl methyl sites for hydroxylation is 1. The van der Waals surface area contributed by atoms with Gasteiger partial charge in [0.1, 0.15) is 5.75 Å². The number of ether oxygens (including phenoxy) is 1. The average molecular weight is 275 g/mol. The van der Waals surface area contributed by atoms with Crippen molar-refractivity contribution in [1.82, 2.24) is 0 Å². The van der Waals surface area contributed by atoms with Crippen molar-refractivity contribution in [2.24, 2.45) is 0 Å². The molecule has 0 amide bonds. The highest BCUT2D eigenvalue weighted by atomic mass is 19.1. The molecule has 0 bridgehead atoms. The second-order valence-electron chi connectivity index (χ2n) is 4.76. The maximum atomic E-state index is 13.7. The van der Waals surface area contributed by atoms with E-state index in [1.807, 2.05) is 19.9 Å². The van der Waals surface area contributed by atoms with Crippen LogP contribution < -0.4 is 10.1 Å². The first kappa shape index (κ1) is 14.2. The molecule has 0 saturated carbocycles. The summed E-state index contributed by atoms with van der Waals surface area (Å²) in [5, 5.41) is 12.7. The Hall–Kier alpha value is -2.23. The Kier molecular flexibility index (Phi) is 4.13. The summed E-state index contributed by atoms with van der Waals surface area (Å²) in [4.78, 5) is 0. The fourth-order valence-corrected chi connectivity index (χ4v) is 2.08. The van der Waals surface area contributed by atoms with E-state index >= 15 is 0 Å². The number of rotatable bonds is 4. The minimum atomic E-state index is -0.374. The van der Waals surface area contributed by atoms with Crippen LogP contribution in [0, 0.1) is 12.7 Å². The van der Waals surface area contributed by atoms with Crippen LogP contribution in [0.2, 0.25) is 0 Å². The Morgan fingerprint density at radius 1 is 1.20 bits per heavy atom. The van der Waals surface area contributed by atoms with E-state index in [9.17, 15) is 9.50 Å². The van der Waals surface area contributed by atoms with Gasteiger partial charge in [0.05, 0.1) is 7.11 Å². The fourth-order valence-electron chi connectivity index (χ4n) is 2.08. The molecule has 2 aromatic carbocycles. The zero-order valence-electron chi connectivity index (χ0n) is 11.8.